The molecule has 3 N–H and O–H groups in total. The molecule has 0 fully saturated rings. The van der Waals surface area contributed by atoms with Crippen LogP contribution < -0.4 is 5.84 Å². The lowest BCUT2D eigenvalue weighted by molar-refractivity contribution is -0.137. The van der Waals surface area contributed by atoms with Gasteiger partial charge < -0.3 is 5.11 Å². The molecule has 0 saturated heterocycles. The summed E-state index contributed by atoms with van der Waals surface area (Å²) in [6.45, 7) is 0.398. The van der Waals surface area contributed by atoms with Crippen LogP contribution in [0.4, 0.5) is 0 Å². The highest BCUT2D eigenvalue weighted by molar-refractivity contribution is 5.66. The van der Waals surface area contributed by atoms with Gasteiger partial charge in [-0.15, -0.1) is 0 Å². The van der Waals surface area contributed by atoms with E-state index >= 15 is 0 Å². The number of hydrogen-bond acceptors (Lipinski definition) is 3. The van der Waals surface area contributed by atoms with Crippen LogP contribution in [-0.2, 0) is 4.79 Å². The van der Waals surface area contributed by atoms with Gasteiger partial charge in [0, 0.05) is 13.6 Å². The third-order valence-electron chi connectivity index (χ3n) is 0.678. The highest BCUT2D eigenvalue weighted by atomic mass is 16.4. The van der Waals surface area contributed by atoms with Gasteiger partial charge >= 0.3 is 5.97 Å². The average molecular weight is 118 g/mol. The fourth-order valence-corrected chi connectivity index (χ4v) is 0.272. The van der Waals surface area contributed by atoms with Crippen molar-refractivity contribution >= 4 is 5.97 Å². The van der Waals surface area contributed by atoms with E-state index < -0.39 is 5.97 Å². The molecule has 0 unspecified atom stereocenters. The van der Waals surface area contributed by atoms with Crippen molar-refractivity contribution in [2.45, 2.75) is 6.42 Å². The number of nitrogens with zero attached hydrogens (tertiary/aromatic N) is 1. The maximum absolute atomic E-state index is 9.82. The van der Waals surface area contributed by atoms with Crippen molar-refractivity contribution in [2.24, 2.45) is 5.84 Å². The van der Waals surface area contributed by atoms with Crippen LogP contribution in [0.25, 0.3) is 0 Å². The summed E-state index contributed by atoms with van der Waals surface area (Å²) in [5.41, 5.74) is 0. The first-order chi connectivity index (χ1) is 3.63. The molecule has 0 aliphatic heterocycles. The van der Waals surface area contributed by atoms with E-state index in [0.717, 1.165) is 0 Å². The Kier molecular flexibility index (Phi) is 3.14. The Morgan fingerprint density at radius 1 is 1.88 bits per heavy atom. The van der Waals surface area contributed by atoms with Crippen LogP contribution in [0.3, 0.4) is 0 Å². The SMILES string of the molecule is CN(N)CCC(=O)O. The molecule has 0 bridgehead atoms. The zero-order chi connectivity index (χ0) is 6.57. The van der Waals surface area contributed by atoms with E-state index in [4.69, 9.17) is 10.9 Å². The van der Waals surface area contributed by atoms with Gasteiger partial charge in [0.05, 0.1) is 6.42 Å². The molecule has 0 spiro atoms. The Bertz CT molecular complexity index is 82.1. The third kappa shape index (κ3) is 5.39. The summed E-state index contributed by atoms with van der Waals surface area (Å²) in [5, 5.41) is 9.42. The first kappa shape index (κ1) is 7.39. The first-order valence-corrected chi connectivity index (χ1v) is 2.30. The van der Waals surface area contributed by atoms with E-state index in [2.05, 4.69) is 0 Å². The zero-order valence-electron chi connectivity index (χ0n) is 4.79. The molecule has 4 heteroatoms. The second-order valence-corrected chi connectivity index (χ2v) is 1.62. The summed E-state index contributed by atoms with van der Waals surface area (Å²) in [6, 6.07) is 0. The minimum atomic E-state index is -0.817. The monoisotopic (exact) mass is 118 g/mol. The minimum absolute atomic E-state index is 0.104. The third-order valence-corrected chi connectivity index (χ3v) is 0.678. The number of nitrogens with two attached hydrogens (primary N) is 1. The zero-order valence-corrected chi connectivity index (χ0v) is 4.79. The molecule has 0 radical (unpaired) electrons. The Balaban J connectivity index is 3.05. The van der Waals surface area contributed by atoms with Crippen molar-refractivity contribution in [1.82, 2.24) is 5.01 Å². The largest absolute Gasteiger partial charge is 0.481 e. The predicted molar refractivity (Wildman–Crippen MR) is 29.1 cm³/mol. The molecule has 0 rings (SSSR count). The molecule has 48 valence electrons. The lowest BCUT2D eigenvalue weighted by Gasteiger charge is -2.04. The molecule has 0 aromatic carbocycles. The van der Waals surface area contributed by atoms with Gasteiger partial charge in [-0.3, -0.25) is 10.6 Å². The molecule has 0 heterocycles. The Labute approximate surface area is 47.9 Å². The summed E-state index contributed by atoms with van der Waals surface area (Å²) in [5.74, 6) is 4.29. The number of carboxylic acids is 1. The van der Waals surface area contributed by atoms with Crippen molar-refractivity contribution in [3.8, 4) is 0 Å². The molecule has 0 aliphatic carbocycles. The Morgan fingerprint density at radius 2 is 2.38 bits per heavy atom. The van der Waals surface area contributed by atoms with Crippen molar-refractivity contribution in [2.75, 3.05) is 13.6 Å². The van der Waals surface area contributed by atoms with E-state index in [1.54, 1.807) is 7.05 Å². The Morgan fingerprint density at radius 3 is 2.50 bits per heavy atom. The first-order valence-electron chi connectivity index (χ1n) is 2.30. The van der Waals surface area contributed by atoms with Gasteiger partial charge in [0.15, 0.2) is 0 Å². The van der Waals surface area contributed by atoms with Crippen LogP contribution >= 0.6 is 0 Å². The van der Waals surface area contributed by atoms with Gasteiger partial charge in [-0.1, -0.05) is 0 Å². The van der Waals surface area contributed by atoms with E-state index in [0.29, 0.717) is 6.54 Å². The molecule has 0 aliphatic rings. The van der Waals surface area contributed by atoms with E-state index in [1.165, 1.54) is 5.01 Å². The van der Waals surface area contributed by atoms with Crippen molar-refractivity contribution in [1.29, 1.82) is 0 Å². The average Bonchev–Trinajstić information content (AvgIpc) is 1.61. The number of aliphatic carboxylic acids is 1. The van der Waals surface area contributed by atoms with E-state index in [-0.39, 0.29) is 6.42 Å². The lowest BCUT2D eigenvalue weighted by Crippen LogP contribution is -2.28. The van der Waals surface area contributed by atoms with E-state index in [9.17, 15) is 4.79 Å². The summed E-state index contributed by atoms with van der Waals surface area (Å²) < 4.78 is 0. The molecule has 0 amide bonds. The second kappa shape index (κ2) is 3.40. The van der Waals surface area contributed by atoms with Crippen molar-refractivity contribution in [3.63, 3.8) is 0 Å². The predicted octanol–water partition coefficient (Wildman–Crippen LogP) is -0.733. The number of carboxylic acid groups (broad SMARTS) is 1. The van der Waals surface area contributed by atoms with Crippen LogP contribution in [0.2, 0.25) is 0 Å². The molecular formula is C4H10N2O2. The Hall–Kier alpha value is -0.610. The van der Waals surface area contributed by atoms with Crippen LogP contribution in [-0.4, -0.2) is 29.7 Å². The molecule has 0 aromatic heterocycles. The minimum Gasteiger partial charge on any atom is -0.481 e. The number of carbonyl (C=O) groups is 1. The highest BCUT2D eigenvalue weighted by Crippen LogP contribution is 1.78. The van der Waals surface area contributed by atoms with Gasteiger partial charge in [0.2, 0.25) is 0 Å². The fourth-order valence-electron chi connectivity index (χ4n) is 0.272. The topological polar surface area (TPSA) is 66.6 Å². The second-order valence-electron chi connectivity index (χ2n) is 1.62. The van der Waals surface area contributed by atoms with Crippen LogP contribution in [0, 0.1) is 0 Å². The highest BCUT2D eigenvalue weighted by Gasteiger charge is 1.95. The molecular weight excluding hydrogens is 108 g/mol. The van der Waals surface area contributed by atoms with Crippen molar-refractivity contribution in [3.05, 3.63) is 0 Å². The van der Waals surface area contributed by atoms with Gasteiger partial charge in [0.25, 0.3) is 0 Å². The standard InChI is InChI=1S/C4H10N2O2/c1-6(5)3-2-4(7)8/h2-3,5H2,1H3,(H,7,8). The van der Waals surface area contributed by atoms with Gasteiger partial charge in [0.1, 0.15) is 0 Å². The maximum atomic E-state index is 9.82. The van der Waals surface area contributed by atoms with Crippen LogP contribution in [0.5, 0.6) is 0 Å². The molecule has 4 nitrogen and oxygen atoms in total. The molecule has 0 saturated carbocycles. The summed E-state index contributed by atoms with van der Waals surface area (Å²) in [7, 11) is 1.63. The summed E-state index contributed by atoms with van der Waals surface area (Å²) in [4.78, 5) is 9.82. The van der Waals surface area contributed by atoms with Crippen LogP contribution in [0.1, 0.15) is 6.42 Å². The quantitative estimate of drug-likeness (QED) is 0.378. The van der Waals surface area contributed by atoms with E-state index in [1.807, 2.05) is 0 Å². The number of hydrogen-bond donors (Lipinski definition) is 2. The lowest BCUT2D eigenvalue weighted by atomic mass is 10.4. The normalized spacial score (nSPS) is 9.88. The van der Waals surface area contributed by atoms with Gasteiger partial charge in [-0.25, -0.2) is 5.01 Å². The summed E-state index contributed by atoms with van der Waals surface area (Å²) in [6.07, 6.45) is 0.104. The van der Waals surface area contributed by atoms with Gasteiger partial charge in [-0.2, -0.15) is 0 Å². The molecule has 8 heavy (non-hydrogen) atoms. The molecule has 0 aromatic rings. The van der Waals surface area contributed by atoms with Crippen molar-refractivity contribution < 1.29 is 9.90 Å². The summed E-state index contributed by atoms with van der Waals surface area (Å²) >= 11 is 0. The van der Waals surface area contributed by atoms with Gasteiger partial charge in [-0.05, 0) is 0 Å². The maximum Gasteiger partial charge on any atom is 0.304 e. The number of hydrazine groups is 1. The van der Waals surface area contributed by atoms with Crippen LogP contribution in [0.15, 0.2) is 0 Å². The smallest absolute Gasteiger partial charge is 0.304 e. The molecule has 0 atom stereocenters. The number of rotatable bonds is 3. The fraction of sp³-hybridized carbons (Fsp3) is 0.750.